The number of carbonyl (C=O) groups is 3. The summed E-state index contributed by atoms with van der Waals surface area (Å²) in [5, 5.41) is 3.46. The zero-order valence-electron chi connectivity index (χ0n) is 19.7. The molecule has 0 saturated heterocycles. The number of amides is 3. The number of carbonyl (C=O) groups excluding carboxylic acids is 3. The maximum Gasteiger partial charge on any atom is 0.254 e. The fourth-order valence-electron chi connectivity index (χ4n) is 3.87. The number of fused-ring (bicyclic) bond motifs is 1. The van der Waals surface area contributed by atoms with Crippen LogP contribution in [-0.4, -0.2) is 40.7 Å². The minimum atomic E-state index is -0.545. The van der Waals surface area contributed by atoms with Gasteiger partial charge in [-0.2, -0.15) is 0 Å². The molecule has 3 amide bonds. The van der Waals surface area contributed by atoms with Crippen molar-refractivity contribution in [2.75, 3.05) is 18.4 Å². The van der Waals surface area contributed by atoms with Crippen molar-refractivity contribution in [1.82, 2.24) is 9.88 Å². The van der Waals surface area contributed by atoms with Crippen LogP contribution >= 0.6 is 0 Å². The van der Waals surface area contributed by atoms with Gasteiger partial charge < -0.3 is 16.0 Å². The summed E-state index contributed by atoms with van der Waals surface area (Å²) in [6.07, 6.45) is 0.0883. The molecule has 0 saturated carbocycles. The van der Waals surface area contributed by atoms with Gasteiger partial charge in [-0.3, -0.25) is 14.4 Å². The molecule has 0 atom stereocenters. The van der Waals surface area contributed by atoms with Gasteiger partial charge in [-0.25, -0.2) is 9.37 Å². The number of hydrogen-bond acceptors (Lipinski definition) is 4. The lowest BCUT2D eigenvalue weighted by Crippen LogP contribution is -2.34. The summed E-state index contributed by atoms with van der Waals surface area (Å²) in [5.74, 6) is -1.39. The molecule has 4 rings (SSSR count). The summed E-state index contributed by atoms with van der Waals surface area (Å²) in [6.45, 7) is 2.47. The predicted octanol–water partition coefficient (Wildman–Crippen LogP) is 4.63. The molecule has 1 heterocycles. The number of pyridine rings is 1. The monoisotopic (exact) mass is 484 g/mol. The first-order chi connectivity index (χ1) is 17.4. The highest BCUT2D eigenvalue weighted by atomic mass is 19.1. The number of nitrogens with one attached hydrogen (secondary N) is 1. The Labute approximate surface area is 207 Å². The van der Waals surface area contributed by atoms with Crippen LogP contribution in [-0.2, 0) is 4.79 Å². The Hall–Kier alpha value is -4.59. The van der Waals surface area contributed by atoms with Crippen molar-refractivity contribution in [2.24, 2.45) is 5.73 Å². The molecule has 0 aliphatic rings. The summed E-state index contributed by atoms with van der Waals surface area (Å²) in [6, 6.07) is 21.3. The molecule has 7 nitrogen and oxygen atoms in total. The molecule has 0 spiro atoms. The molecule has 36 heavy (non-hydrogen) atoms. The minimum absolute atomic E-state index is 0.0883. The van der Waals surface area contributed by atoms with E-state index in [1.165, 1.54) is 24.3 Å². The highest BCUT2D eigenvalue weighted by molar-refractivity contribution is 6.07. The normalized spacial score (nSPS) is 10.7. The molecule has 8 heteroatoms. The Morgan fingerprint density at radius 1 is 0.972 bits per heavy atom. The van der Waals surface area contributed by atoms with Gasteiger partial charge in [0.1, 0.15) is 5.82 Å². The zero-order chi connectivity index (χ0) is 25.7. The van der Waals surface area contributed by atoms with Crippen molar-refractivity contribution < 1.29 is 18.8 Å². The second kappa shape index (κ2) is 10.8. The lowest BCUT2D eigenvalue weighted by atomic mass is 10.0. The van der Waals surface area contributed by atoms with Crippen LogP contribution in [0.15, 0.2) is 78.9 Å². The number of primary amides is 1. The first kappa shape index (κ1) is 24.5. The molecule has 0 fully saturated rings. The smallest absolute Gasteiger partial charge is 0.254 e. The van der Waals surface area contributed by atoms with E-state index in [0.29, 0.717) is 45.5 Å². The largest absolute Gasteiger partial charge is 0.366 e. The van der Waals surface area contributed by atoms with Gasteiger partial charge in [0, 0.05) is 41.7 Å². The van der Waals surface area contributed by atoms with Crippen LogP contribution in [0.4, 0.5) is 10.1 Å². The Kier molecular flexibility index (Phi) is 7.34. The van der Waals surface area contributed by atoms with Crippen molar-refractivity contribution in [2.45, 2.75) is 13.3 Å². The van der Waals surface area contributed by atoms with Gasteiger partial charge in [0.25, 0.3) is 5.91 Å². The molecule has 0 aliphatic carbocycles. The summed E-state index contributed by atoms with van der Waals surface area (Å²) in [4.78, 5) is 43.5. The van der Waals surface area contributed by atoms with Crippen LogP contribution < -0.4 is 11.1 Å². The van der Waals surface area contributed by atoms with Gasteiger partial charge in [0.15, 0.2) is 0 Å². The average molecular weight is 485 g/mol. The SMILES string of the molecule is CCN(CCC(=O)Nc1ccc(C(N)=O)cc1)C(=O)c1cc(-c2ccc(F)cc2)nc2ccccc12. The Morgan fingerprint density at radius 2 is 1.67 bits per heavy atom. The van der Waals surface area contributed by atoms with Crippen LogP contribution in [0.3, 0.4) is 0 Å². The van der Waals surface area contributed by atoms with Gasteiger partial charge in [-0.1, -0.05) is 18.2 Å². The second-order valence-corrected chi connectivity index (χ2v) is 8.20. The number of hydrogen-bond donors (Lipinski definition) is 2. The number of nitrogens with zero attached hydrogens (tertiary/aromatic N) is 2. The average Bonchev–Trinajstić information content (AvgIpc) is 2.89. The number of para-hydroxylation sites is 1. The highest BCUT2D eigenvalue weighted by Crippen LogP contribution is 2.26. The van der Waals surface area contributed by atoms with Crippen LogP contribution in [0.5, 0.6) is 0 Å². The fraction of sp³-hybridized carbons (Fsp3) is 0.143. The maximum absolute atomic E-state index is 13.6. The number of rotatable bonds is 8. The van der Waals surface area contributed by atoms with Gasteiger partial charge in [0.2, 0.25) is 11.8 Å². The Balaban J connectivity index is 1.53. The Bertz CT molecular complexity index is 1420. The van der Waals surface area contributed by atoms with E-state index in [2.05, 4.69) is 10.3 Å². The molecule has 3 N–H and O–H groups in total. The second-order valence-electron chi connectivity index (χ2n) is 8.20. The third-order valence-electron chi connectivity index (χ3n) is 5.82. The van der Waals surface area contributed by atoms with E-state index in [1.807, 2.05) is 31.2 Å². The van der Waals surface area contributed by atoms with Gasteiger partial charge >= 0.3 is 0 Å². The summed E-state index contributed by atoms with van der Waals surface area (Å²) in [7, 11) is 0. The predicted molar refractivity (Wildman–Crippen MR) is 137 cm³/mol. The Morgan fingerprint density at radius 3 is 2.33 bits per heavy atom. The van der Waals surface area contributed by atoms with E-state index >= 15 is 0 Å². The standard InChI is InChI=1S/C28H25FN4O3/c1-2-33(16-15-26(34)31-21-13-9-19(10-14-21)27(30)35)28(36)23-17-25(18-7-11-20(29)12-8-18)32-24-6-4-3-5-22(23)24/h3-14,17H,2,15-16H2,1H3,(H2,30,35)(H,31,34). The molecule has 0 unspecified atom stereocenters. The van der Waals surface area contributed by atoms with E-state index in [0.717, 1.165) is 0 Å². The van der Waals surface area contributed by atoms with Crippen LogP contribution in [0.1, 0.15) is 34.1 Å². The number of benzene rings is 3. The third-order valence-corrected chi connectivity index (χ3v) is 5.82. The van der Waals surface area contributed by atoms with Crippen LogP contribution in [0.2, 0.25) is 0 Å². The minimum Gasteiger partial charge on any atom is -0.366 e. The third kappa shape index (κ3) is 5.55. The summed E-state index contributed by atoms with van der Waals surface area (Å²) >= 11 is 0. The van der Waals surface area contributed by atoms with Crippen LogP contribution in [0.25, 0.3) is 22.2 Å². The first-order valence-electron chi connectivity index (χ1n) is 11.5. The van der Waals surface area contributed by atoms with E-state index in [4.69, 9.17) is 5.73 Å². The van der Waals surface area contributed by atoms with Gasteiger partial charge in [-0.15, -0.1) is 0 Å². The van der Waals surface area contributed by atoms with Crippen molar-refractivity contribution in [3.05, 3.63) is 95.8 Å². The lowest BCUT2D eigenvalue weighted by molar-refractivity contribution is -0.116. The number of halogens is 1. The van der Waals surface area contributed by atoms with E-state index in [9.17, 15) is 18.8 Å². The lowest BCUT2D eigenvalue weighted by Gasteiger charge is -2.22. The van der Waals surface area contributed by atoms with Gasteiger partial charge in [0.05, 0.1) is 16.8 Å². The molecule has 182 valence electrons. The summed E-state index contributed by atoms with van der Waals surface area (Å²) < 4.78 is 13.4. The number of aromatic nitrogens is 1. The molecule has 4 aromatic rings. The zero-order valence-corrected chi connectivity index (χ0v) is 19.7. The van der Waals surface area contributed by atoms with E-state index in [1.54, 1.807) is 35.2 Å². The molecular weight excluding hydrogens is 459 g/mol. The maximum atomic E-state index is 13.6. The number of nitrogens with two attached hydrogens (primary N) is 1. The molecule has 0 bridgehead atoms. The summed E-state index contributed by atoms with van der Waals surface area (Å²) in [5.41, 5.74) is 8.48. The van der Waals surface area contributed by atoms with Gasteiger partial charge in [-0.05, 0) is 67.6 Å². The van der Waals surface area contributed by atoms with Crippen molar-refractivity contribution >= 4 is 34.3 Å². The number of anilines is 1. The van der Waals surface area contributed by atoms with Crippen molar-refractivity contribution in [3.8, 4) is 11.3 Å². The molecule has 0 aliphatic heterocycles. The molecule has 1 aromatic heterocycles. The molecule has 3 aromatic carbocycles. The van der Waals surface area contributed by atoms with E-state index in [-0.39, 0.29) is 30.6 Å². The fourth-order valence-corrected chi connectivity index (χ4v) is 3.87. The van der Waals surface area contributed by atoms with Crippen molar-refractivity contribution in [3.63, 3.8) is 0 Å². The topological polar surface area (TPSA) is 105 Å². The van der Waals surface area contributed by atoms with Crippen LogP contribution in [0, 0.1) is 5.82 Å². The van der Waals surface area contributed by atoms with E-state index < -0.39 is 5.91 Å². The quantitative estimate of drug-likeness (QED) is 0.380. The molecular formula is C28H25FN4O3. The first-order valence-corrected chi connectivity index (χ1v) is 11.5. The highest BCUT2D eigenvalue weighted by Gasteiger charge is 2.20. The molecule has 0 radical (unpaired) electrons. The van der Waals surface area contributed by atoms with Crippen molar-refractivity contribution in [1.29, 1.82) is 0 Å².